The zero-order valence-corrected chi connectivity index (χ0v) is 13.8. The second-order valence-corrected chi connectivity index (χ2v) is 6.48. The lowest BCUT2D eigenvalue weighted by molar-refractivity contribution is 0.267. The molecule has 2 heteroatoms. The van der Waals surface area contributed by atoms with E-state index in [1.54, 1.807) is 0 Å². The van der Waals surface area contributed by atoms with E-state index in [1.807, 2.05) is 6.07 Å². The first-order valence-corrected chi connectivity index (χ1v) is 7.77. The second kappa shape index (κ2) is 6.84. The van der Waals surface area contributed by atoms with Crippen molar-refractivity contribution in [2.75, 3.05) is 13.2 Å². The molecule has 0 amide bonds. The van der Waals surface area contributed by atoms with Crippen LogP contribution in [-0.2, 0) is 0 Å². The average molecular weight is 286 g/mol. The fourth-order valence-corrected chi connectivity index (χ4v) is 2.27. The number of aryl methyl sites for hydroxylation is 1. The summed E-state index contributed by atoms with van der Waals surface area (Å²) in [7, 11) is 0. The van der Waals surface area contributed by atoms with Gasteiger partial charge in [-0.15, -0.1) is 0 Å². The largest absolute Gasteiger partial charge is 0.493 e. The molecule has 0 saturated heterocycles. The van der Waals surface area contributed by atoms with Gasteiger partial charge in [-0.3, -0.25) is 0 Å². The molecule has 2 nitrogen and oxygen atoms in total. The van der Waals surface area contributed by atoms with Crippen molar-refractivity contribution in [3.63, 3.8) is 0 Å². The lowest BCUT2D eigenvalue weighted by Crippen LogP contribution is -2.08. The van der Waals surface area contributed by atoms with Crippen molar-refractivity contribution in [2.45, 2.75) is 34.6 Å². The Morgan fingerprint density at radius 2 is 1.43 bits per heavy atom. The molecule has 0 saturated carbocycles. The van der Waals surface area contributed by atoms with Gasteiger partial charge in [0.25, 0.3) is 0 Å². The van der Waals surface area contributed by atoms with E-state index in [2.05, 4.69) is 58.9 Å². The fourth-order valence-electron chi connectivity index (χ4n) is 2.27. The summed E-state index contributed by atoms with van der Waals surface area (Å²) in [5.41, 5.74) is 1.13. The fraction of sp³-hybridized carbons (Fsp3) is 0.474. The molecular formula is C19H26O2. The van der Waals surface area contributed by atoms with Gasteiger partial charge in [-0.1, -0.05) is 52.0 Å². The number of benzene rings is 2. The normalized spacial score (nSPS) is 11.4. The monoisotopic (exact) mass is 286 g/mol. The minimum absolute atomic E-state index is 0.514. The first kappa shape index (κ1) is 15.7. The van der Waals surface area contributed by atoms with Crippen LogP contribution in [0.1, 0.15) is 33.3 Å². The quantitative estimate of drug-likeness (QED) is 0.725. The van der Waals surface area contributed by atoms with E-state index >= 15 is 0 Å². The minimum atomic E-state index is 0.514. The number of hydrogen-bond acceptors (Lipinski definition) is 2. The van der Waals surface area contributed by atoms with Gasteiger partial charge >= 0.3 is 0 Å². The van der Waals surface area contributed by atoms with E-state index in [4.69, 9.17) is 9.47 Å². The van der Waals surface area contributed by atoms with Crippen molar-refractivity contribution in [3.05, 3.63) is 35.9 Å². The molecule has 0 aliphatic heterocycles. The van der Waals surface area contributed by atoms with Crippen molar-refractivity contribution < 1.29 is 9.47 Å². The maximum Gasteiger partial charge on any atom is 0.130 e. The Morgan fingerprint density at radius 1 is 0.857 bits per heavy atom. The lowest BCUT2D eigenvalue weighted by atomic mass is 10.0. The summed E-state index contributed by atoms with van der Waals surface area (Å²) in [5, 5.41) is 2.26. The molecule has 2 aromatic rings. The van der Waals surface area contributed by atoms with Crippen LogP contribution in [0.4, 0.5) is 0 Å². The van der Waals surface area contributed by atoms with Crippen LogP contribution in [0, 0.1) is 18.8 Å². The molecule has 0 fully saturated rings. The Labute approximate surface area is 128 Å². The van der Waals surface area contributed by atoms with Gasteiger partial charge in [0.15, 0.2) is 0 Å². The van der Waals surface area contributed by atoms with Crippen LogP contribution < -0.4 is 9.47 Å². The lowest BCUT2D eigenvalue weighted by Gasteiger charge is -2.17. The molecule has 0 N–H and O–H groups in total. The Kier molecular flexibility index (Phi) is 5.11. The topological polar surface area (TPSA) is 18.5 Å². The minimum Gasteiger partial charge on any atom is -0.493 e. The number of fused-ring (bicyclic) bond motifs is 1. The van der Waals surface area contributed by atoms with E-state index in [1.165, 1.54) is 0 Å². The molecule has 0 spiro atoms. The third-order valence-corrected chi connectivity index (χ3v) is 3.28. The van der Waals surface area contributed by atoms with Gasteiger partial charge in [-0.05, 0) is 30.4 Å². The summed E-state index contributed by atoms with van der Waals surface area (Å²) in [6.45, 7) is 12.2. The van der Waals surface area contributed by atoms with Gasteiger partial charge < -0.3 is 9.47 Å². The second-order valence-electron chi connectivity index (χ2n) is 6.48. The van der Waals surface area contributed by atoms with Crippen molar-refractivity contribution in [1.82, 2.24) is 0 Å². The van der Waals surface area contributed by atoms with Crippen molar-refractivity contribution in [1.29, 1.82) is 0 Å². The summed E-state index contributed by atoms with van der Waals surface area (Å²) in [6.07, 6.45) is 0. The molecule has 0 radical (unpaired) electrons. The predicted octanol–water partition coefficient (Wildman–Crippen LogP) is 5.22. The highest BCUT2D eigenvalue weighted by atomic mass is 16.5. The zero-order valence-electron chi connectivity index (χ0n) is 13.8. The molecule has 0 aliphatic rings. The van der Waals surface area contributed by atoms with Crippen molar-refractivity contribution in [2.24, 2.45) is 11.8 Å². The highest BCUT2D eigenvalue weighted by Crippen LogP contribution is 2.36. The van der Waals surface area contributed by atoms with E-state index in [9.17, 15) is 0 Å². The summed E-state index contributed by atoms with van der Waals surface area (Å²) in [5.74, 6) is 2.96. The van der Waals surface area contributed by atoms with Crippen LogP contribution in [0.15, 0.2) is 30.3 Å². The average Bonchev–Trinajstić information content (AvgIpc) is 2.43. The molecule has 21 heavy (non-hydrogen) atoms. The number of hydrogen-bond donors (Lipinski definition) is 0. The van der Waals surface area contributed by atoms with Crippen LogP contribution in [0.5, 0.6) is 11.5 Å². The van der Waals surface area contributed by atoms with Crippen LogP contribution in [0.2, 0.25) is 0 Å². The maximum absolute atomic E-state index is 6.04. The maximum atomic E-state index is 6.04. The smallest absolute Gasteiger partial charge is 0.130 e. The molecule has 0 unspecified atom stereocenters. The van der Waals surface area contributed by atoms with Crippen molar-refractivity contribution in [3.8, 4) is 11.5 Å². The van der Waals surface area contributed by atoms with E-state index in [0.29, 0.717) is 11.8 Å². The molecule has 0 aromatic heterocycles. The molecule has 0 heterocycles. The van der Waals surface area contributed by atoms with Gasteiger partial charge in [0.2, 0.25) is 0 Å². The van der Waals surface area contributed by atoms with Gasteiger partial charge in [0.1, 0.15) is 11.5 Å². The highest BCUT2D eigenvalue weighted by molar-refractivity contribution is 5.94. The predicted molar refractivity (Wildman–Crippen MR) is 89.4 cm³/mol. The number of ether oxygens (including phenoxy) is 2. The molecule has 114 valence electrons. The Bertz CT molecular complexity index is 600. The first-order valence-electron chi connectivity index (χ1n) is 7.77. The highest BCUT2D eigenvalue weighted by Gasteiger charge is 2.12. The SMILES string of the molecule is Cc1cc(OCC(C)C)c2ccccc2c1OCC(C)C. The van der Waals surface area contributed by atoms with Crippen LogP contribution >= 0.6 is 0 Å². The van der Waals surface area contributed by atoms with E-state index in [-0.39, 0.29) is 0 Å². The third kappa shape index (κ3) is 3.90. The molecule has 0 atom stereocenters. The Hall–Kier alpha value is -1.70. The Balaban J connectivity index is 2.42. The van der Waals surface area contributed by atoms with Gasteiger partial charge in [-0.2, -0.15) is 0 Å². The molecule has 0 aliphatic carbocycles. The molecule has 0 bridgehead atoms. The summed E-state index contributed by atoms with van der Waals surface area (Å²) in [6, 6.07) is 10.4. The zero-order chi connectivity index (χ0) is 15.4. The van der Waals surface area contributed by atoms with Gasteiger partial charge in [-0.25, -0.2) is 0 Å². The first-order chi connectivity index (χ1) is 9.99. The van der Waals surface area contributed by atoms with E-state index < -0.39 is 0 Å². The molecule has 2 aromatic carbocycles. The third-order valence-electron chi connectivity index (χ3n) is 3.28. The van der Waals surface area contributed by atoms with Crippen LogP contribution in [0.3, 0.4) is 0 Å². The molecule has 2 rings (SSSR count). The molecular weight excluding hydrogens is 260 g/mol. The van der Waals surface area contributed by atoms with Crippen LogP contribution in [-0.4, -0.2) is 13.2 Å². The number of rotatable bonds is 6. The van der Waals surface area contributed by atoms with E-state index in [0.717, 1.165) is 41.0 Å². The Morgan fingerprint density at radius 3 is 2.05 bits per heavy atom. The standard InChI is InChI=1S/C19H26O2/c1-13(2)11-20-18-10-15(5)19(21-12-14(3)4)17-9-7-6-8-16(17)18/h6-10,13-14H,11-12H2,1-5H3. The van der Waals surface area contributed by atoms with Crippen molar-refractivity contribution >= 4 is 10.8 Å². The van der Waals surface area contributed by atoms with Gasteiger partial charge in [0.05, 0.1) is 13.2 Å². The summed E-state index contributed by atoms with van der Waals surface area (Å²) >= 11 is 0. The van der Waals surface area contributed by atoms with Gasteiger partial charge in [0, 0.05) is 10.8 Å². The van der Waals surface area contributed by atoms with Crippen LogP contribution in [0.25, 0.3) is 10.8 Å². The summed E-state index contributed by atoms with van der Waals surface area (Å²) < 4.78 is 12.0. The summed E-state index contributed by atoms with van der Waals surface area (Å²) in [4.78, 5) is 0.